The van der Waals surface area contributed by atoms with Gasteiger partial charge in [-0.3, -0.25) is 24.6 Å². The van der Waals surface area contributed by atoms with Crippen LogP contribution in [0.5, 0.6) is 0 Å². The fourth-order valence-corrected chi connectivity index (χ4v) is 5.57. The fourth-order valence-electron chi connectivity index (χ4n) is 5.28. The SMILES string of the molecule is CSc1nnc([C@H](CC(C)C)C(=O)NC(=O)[C@@H]2CCCC[C@@H]2NC(=O)c2ccccc2CN2CCOCC2)o1. The molecule has 1 saturated heterocycles. The summed E-state index contributed by atoms with van der Waals surface area (Å²) in [5.41, 5.74) is 1.56. The fraction of sp³-hybridized carbons (Fsp3) is 0.607. The van der Waals surface area contributed by atoms with Crippen LogP contribution >= 0.6 is 11.8 Å². The number of nitrogens with one attached hydrogen (secondary N) is 2. The van der Waals surface area contributed by atoms with Gasteiger partial charge in [-0.05, 0) is 43.1 Å². The highest BCUT2D eigenvalue weighted by Crippen LogP contribution is 2.28. The van der Waals surface area contributed by atoms with Crippen LogP contribution in [-0.2, 0) is 20.9 Å². The number of nitrogens with zero attached hydrogens (tertiary/aromatic N) is 3. The average molecular weight is 558 g/mol. The second-order valence-corrected chi connectivity index (χ2v) is 11.4. The molecule has 2 N–H and O–H groups in total. The van der Waals surface area contributed by atoms with Crippen molar-refractivity contribution >= 4 is 29.5 Å². The van der Waals surface area contributed by atoms with E-state index in [2.05, 4.69) is 25.7 Å². The summed E-state index contributed by atoms with van der Waals surface area (Å²) in [6, 6.07) is 7.24. The molecule has 0 unspecified atom stereocenters. The van der Waals surface area contributed by atoms with Gasteiger partial charge in [-0.2, -0.15) is 0 Å². The molecule has 2 heterocycles. The zero-order valence-corrected chi connectivity index (χ0v) is 23.8. The first kappa shape index (κ1) is 29.2. The molecule has 1 aliphatic heterocycles. The predicted molar refractivity (Wildman–Crippen MR) is 147 cm³/mol. The Morgan fingerprint density at radius 1 is 1.10 bits per heavy atom. The van der Waals surface area contributed by atoms with Crippen LogP contribution in [0, 0.1) is 11.8 Å². The molecule has 0 radical (unpaired) electrons. The van der Waals surface area contributed by atoms with E-state index < -0.39 is 17.7 Å². The number of morpholine rings is 1. The number of hydrogen-bond acceptors (Lipinski definition) is 9. The number of ether oxygens (including phenoxy) is 1. The lowest BCUT2D eigenvalue weighted by atomic mass is 9.83. The van der Waals surface area contributed by atoms with E-state index >= 15 is 0 Å². The smallest absolute Gasteiger partial charge is 0.276 e. The standard InChI is InChI=1S/C28H39N5O5S/c1-18(2)16-22(27-31-32-28(38-27)39-3)26(36)30-25(35)21-10-6-7-11-23(21)29-24(34)20-9-5-4-8-19(20)17-33-12-14-37-15-13-33/h4-5,8-9,18,21-23H,6-7,10-17H2,1-3H3,(H,29,34)(H,30,35,36)/t21-,22-,23+/m1/s1. The Morgan fingerprint density at radius 3 is 2.56 bits per heavy atom. The molecular formula is C28H39N5O5S. The molecule has 4 rings (SSSR count). The minimum absolute atomic E-state index is 0.180. The molecule has 1 aliphatic carbocycles. The van der Waals surface area contributed by atoms with Crippen LogP contribution in [0.3, 0.4) is 0 Å². The molecular weight excluding hydrogens is 518 g/mol. The van der Waals surface area contributed by atoms with Crippen molar-refractivity contribution in [2.45, 2.75) is 69.7 Å². The number of imide groups is 1. The zero-order valence-electron chi connectivity index (χ0n) is 23.0. The van der Waals surface area contributed by atoms with Crippen molar-refractivity contribution < 1.29 is 23.5 Å². The summed E-state index contributed by atoms with van der Waals surface area (Å²) in [5.74, 6) is -1.83. The molecule has 1 saturated carbocycles. The molecule has 1 aromatic heterocycles. The molecule has 2 fully saturated rings. The summed E-state index contributed by atoms with van der Waals surface area (Å²) in [7, 11) is 0. The van der Waals surface area contributed by atoms with Gasteiger partial charge >= 0.3 is 0 Å². The molecule has 2 aromatic rings. The Hall–Kier alpha value is -2.76. The van der Waals surface area contributed by atoms with E-state index in [4.69, 9.17) is 9.15 Å². The van der Waals surface area contributed by atoms with E-state index in [-0.39, 0.29) is 29.7 Å². The quantitative estimate of drug-likeness (QED) is 0.423. The Morgan fingerprint density at radius 2 is 1.85 bits per heavy atom. The van der Waals surface area contributed by atoms with Crippen molar-refractivity contribution in [2.75, 3.05) is 32.6 Å². The summed E-state index contributed by atoms with van der Waals surface area (Å²) in [4.78, 5) is 42.3. The second kappa shape index (κ2) is 14.0. The largest absolute Gasteiger partial charge is 0.415 e. The maximum absolute atomic E-state index is 13.4. The first-order valence-corrected chi connectivity index (χ1v) is 15.0. The normalized spacial score (nSPS) is 20.9. The van der Waals surface area contributed by atoms with Crippen molar-refractivity contribution in [1.82, 2.24) is 25.7 Å². The van der Waals surface area contributed by atoms with Gasteiger partial charge in [0, 0.05) is 31.2 Å². The van der Waals surface area contributed by atoms with Gasteiger partial charge in [0.1, 0.15) is 5.92 Å². The zero-order chi connectivity index (χ0) is 27.8. The van der Waals surface area contributed by atoms with Crippen molar-refractivity contribution in [2.24, 2.45) is 11.8 Å². The van der Waals surface area contributed by atoms with Crippen molar-refractivity contribution in [3.05, 3.63) is 41.3 Å². The van der Waals surface area contributed by atoms with E-state index in [9.17, 15) is 14.4 Å². The first-order valence-electron chi connectivity index (χ1n) is 13.8. The van der Waals surface area contributed by atoms with Gasteiger partial charge in [-0.15, -0.1) is 10.2 Å². The Kier molecular flexibility index (Phi) is 10.5. The highest BCUT2D eigenvalue weighted by atomic mass is 32.2. The number of thioether (sulfide) groups is 1. The number of hydrogen-bond donors (Lipinski definition) is 2. The summed E-state index contributed by atoms with van der Waals surface area (Å²) >= 11 is 1.30. The monoisotopic (exact) mass is 557 g/mol. The summed E-state index contributed by atoms with van der Waals surface area (Å²) in [6.07, 6.45) is 5.35. The van der Waals surface area contributed by atoms with Crippen LogP contribution in [0.15, 0.2) is 33.9 Å². The number of amides is 3. The molecule has 3 atom stereocenters. The highest BCUT2D eigenvalue weighted by molar-refractivity contribution is 7.98. The van der Waals surface area contributed by atoms with E-state index in [0.29, 0.717) is 49.8 Å². The molecule has 1 aromatic carbocycles. The lowest BCUT2D eigenvalue weighted by Crippen LogP contribution is -2.50. The number of carbonyl (C=O) groups is 3. The molecule has 0 bridgehead atoms. The van der Waals surface area contributed by atoms with Gasteiger partial charge in [0.15, 0.2) is 0 Å². The minimum atomic E-state index is -0.717. The Balaban J connectivity index is 1.43. The second-order valence-electron chi connectivity index (χ2n) is 10.7. The van der Waals surface area contributed by atoms with Gasteiger partial charge in [0.25, 0.3) is 11.1 Å². The number of rotatable bonds is 10. The lowest BCUT2D eigenvalue weighted by molar-refractivity contribution is -0.135. The predicted octanol–water partition coefficient (Wildman–Crippen LogP) is 3.39. The van der Waals surface area contributed by atoms with Gasteiger partial charge in [0.2, 0.25) is 17.7 Å². The van der Waals surface area contributed by atoms with Gasteiger partial charge in [-0.1, -0.05) is 56.7 Å². The first-order chi connectivity index (χ1) is 18.9. The molecule has 10 nitrogen and oxygen atoms in total. The number of carbonyl (C=O) groups excluding carboxylic acids is 3. The van der Waals surface area contributed by atoms with Crippen molar-refractivity contribution in [3.8, 4) is 0 Å². The van der Waals surface area contributed by atoms with Gasteiger partial charge < -0.3 is 14.5 Å². The Labute approximate surface area is 234 Å². The summed E-state index contributed by atoms with van der Waals surface area (Å²) in [6.45, 7) is 7.70. The van der Waals surface area contributed by atoms with Crippen LogP contribution in [0.2, 0.25) is 0 Å². The molecule has 11 heteroatoms. The van der Waals surface area contributed by atoms with Crippen LogP contribution in [-0.4, -0.2) is 71.4 Å². The molecule has 212 valence electrons. The lowest BCUT2D eigenvalue weighted by Gasteiger charge is -2.32. The molecule has 2 aliphatic rings. The summed E-state index contributed by atoms with van der Waals surface area (Å²) < 4.78 is 11.1. The van der Waals surface area contributed by atoms with Gasteiger partial charge in [0.05, 0.1) is 19.1 Å². The number of benzene rings is 1. The third-order valence-electron chi connectivity index (χ3n) is 7.34. The maximum Gasteiger partial charge on any atom is 0.276 e. The highest BCUT2D eigenvalue weighted by Gasteiger charge is 2.36. The van der Waals surface area contributed by atoms with E-state index in [0.717, 1.165) is 31.5 Å². The van der Waals surface area contributed by atoms with Crippen LogP contribution in [0.4, 0.5) is 0 Å². The summed E-state index contributed by atoms with van der Waals surface area (Å²) in [5, 5.41) is 14.1. The van der Waals surface area contributed by atoms with E-state index in [1.54, 1.807) is 0 Å². The van der Waals surface area contributed by atoms with Crippen LogP contribution in [0.1, 0.15) is 73.7 Å². The van der Waals surface area contributed by atoms with Crippen LogP contribution in [0.25, 0.3) is 0 Å². The third kappa shape index (κ3) is 7.89. The average Bonchev–Trinajstić information content (AvgIpc) is 3.42. The Bertz CT molecular complexity index is 1130. The maximum atomic E-state index is 13.4. The number of aromatic nitrogens is 2. The van der Waals surface area contributed by atoms with Crippen molar-refractivity contribution in [3.63, 3.8) is 0 Å². The van der Waals surface area contributed by atoms with E-state index in [1.807, 2.05) is 44.4 Å². The van der Waals surface area contributed by atoms with Crippen molar-refractivity contribution in [1.29, 1.82) is 0 Å². The minimum Gasteiger partial charge on any atom is -0.415 e. The molecule has 3 amide bonds. The molecule has 39 heavy (non-hydrogen) atoms. The van der Waals surface area contributed by atoms with Gasteiger partial charge in [-0.25, -0.2) is 0 Å². The van der Waals surface area contributed by atoms with Crippen LogP contribution < -0.4 is 10.6 Å². The topological polar surface area (TPSA) is 127 Å². The molecule has 0 spiro atoms. The van der Waals surface area contributed by atoms with E-state index in [1.165, 1.54) is 11.8 Å². The third-order valence-corrected chi connectivity index (χ3v) is 7.86.